The van der Waals surface area contributed by atoms with Crippen molar-refractivity contribution in [3.8, 4) is 0 Å². The van der Waals surface area contributed by atoms with Crippen molar-refractivity contribution in [2.75, 3.05) is 26.7 Å². The minimum Gasteiger partial charge on any atom is -0.317 e. The fourth-order valence-corrected chi connectivity index (χ4v) is 3.16. The zero-order valence-electron chi connectivity index (χ0n) is 13.2. The van der Waals surface area contributed by atoms with Crippen molar-refractivity contribution < 1.29 is 26.3 Å². The summed E-state index contributed by atoms with van der Waals surface area (Å²) in [5, 5.41) is 3.14. The molecule has 24 heavy (non-hydrogen) atoms. The molecule has 0 aromatic heterocycles. The molecule has 0 bridgehead atoms. The van der Waals surface area contributed by atoms with Crippen LogP contribution >= 0.6 is 0 Å². The van der Waals surface area contributed by atoms with Crippen molar-refractivity contribution in [2.45, 2.75) is 31.2 Å². The molecule has 1 aliphatic rings. The van der Waals surface area contributed by atoms with Crippen molar-refractivity contribution in [3.63, 3.8) is 0 Å². The largest absolute Gasteiger partial charge is 0.416 e. The van der Waals surface area contributed by atoms with E-state index in [1.54, 1.807) is 0 Å². The van der Waals surface area contributed by atoms with Gasteiger partial charge in [0.2, 0.25) is 0 Å². The van der Waals surface area contributed by atoms with E-state index in [0.717, 1.165) is 49.0 Å². The molecule has 0 saturated carbocycles. The zero-order valence-corrected chi connectivity index (χ0v) is 13.2. The highest BCUT2D eigenvalue weighted by Crippen LogP contribution is 2.39. The second kappa shape index (κ2) is 7.31. The Morgan fingerprint density at radius 3 is 2.29 bits per heavy atom. The maximum atomic E-state index is 13.5. The number of nitrogens with zero attached hydrogens (tertiary/aromatic N) is 1. The summed E-state index contributed by atoms with van der Waals surface area (Å²) in [7, 11) is 1.32. The van der Waals surface area contributed by atoms with Gasteiger partial charge in [0.05, 0.1) is 5.56 Å². The molecule has 1 fully saturated rings. The smallest absolute Gasteiger partial charge is 0.317 e. The van der Waals surface area contributed by atoms with Crippen molar-refractivity contribution >= 4 is 0 Å². The first-order valence-electron chi connectivity index (χ1n) is 7.74. The van der Waals surface area contributed by atoms with Gasteiger partial charge < -0.3 is 5.32 Å². The first-order chi connectivity index (χ1) is 11.1. The van der Waals surface area contributed by atoms with Crippen molar-refractivity contribution in [2.24, 2.45) is 5.92 Å². The van der Waals surface area contributed by atoms with Crippen LogP contribution in [-0.2, 0) is 6.18 Å². The quantitative estimate of drug-likeness (QED) is 0.814. The molecule has 136 valence electrons. The Balaban J connectivity index is 2.25. The first kappa shape index (κ1) is 19.1. The number of hydrogen-bond donors (Lipinski definition) is 1. The van der Waals surface area contributed by atoms with Gasteiger partial charge in [-0.2, -0.15) is 26.3 Å². The highest BCUT2D eigenvalue weighted by Gasteiger charge is 2.44. The maximum absolute atomic E-state index is 13.5. The highest BCUT2D eigenvalue weighted by atomic mass is 19.4. The summed E-state index contributed by atoms with van der Waals surface area (Å²) in [5.41, 5.74) is -1.45. The van der Waals surface area contributed by atoms with E-state index >= 15 is 0 Å². The van der Waals surface area contributed by atoms with Crippen LogP contribution in [0.2, 0.25) is 0 Å². The van der Waals surface area contributed by atoms with Crippen LogP contribution < -0.4 is 5.32 Å². The highest BCUT2D eigenvalue weighted by molar-refractivity contribution is 5.29. The van der Waals surface area contributed by atoms with E-state index in [-0.39, 0.29) is 18.0 Å². The van der Waals surface area contributed by atoms with Gasteiger partial charge in [0.15, 0.2) is 0 Å². The molecule has 1 aromatic rings. The number of nitrogens with one attached hydrogen (secondary N) is 1. The summed E-state index contributed by atoms with van der Waals surface area (Å²) < 4.78 is 78.9. The van der Waals surface area contributed by atoms with Gasteiger partial charge in [0, 0.05) is 6.54 Å². The zero-order chi connectivity index (χ0) is 18.0. The summed E-state index contributed by atoms with van der Waals surface area (Å²) >= 11 is 0. The summed E-state index contributed by atoms with van der Waals surface area (Å²) in [4.78, 5) is 1.12. The first-order valence-corrected chi connectivity index (χ1v) is 7.74. The fraction of sp³-hybridized carbons (Fsp3) is 0.625. The van der Waals surface area contributed by atoms with E-state index in [1.807, 2.05) is 0 Å². The third-order valence-corrected chi connectivity index (χ3v) is 4.29. The Hall–Kier alpha value is -1.28. The van der Waals surface area contributed by atoms with Gasteiger partial charge >= 0.3 is 12.4 Å². The molecular weight excluding hydrogens is 334 g/mol. The molecule has 1 aliphatic heterocycles. The van der Waals surface area contributed by atoms with Crippen LogP contribution in [0.4, 0.5) is 26.3 Å². The SMILES string of the molecule is CN(CC1CCNCC1)C(c1cccc(C(F)(F)F)c1)C(F)(F)F. The molecule has 2 nitrogen and oxygen atoms in total. The maximum Gasteiger partial charge on any atom is 0.416 e. The lowest BCUT2D eigenvalue weighted by atomic mass is 9.95. The molecule has 0 amide bonds. The number of benzene rings is 1. The van der Waals surface area contributed by atoms with Gasteiger partial charge in [0.25, 0.3) is 0 Å². The molecule has 1 atom stereocenters. The van der Waals surface area contributed by atoms with Gasteiger partial charge in [-0.15, -0.1) is 0 Å². The fourth-order valence-electron chi connectivity index (χ4n) is 3.16. The van der Waals surface area contributed by atoms with Gasteiger partial charge in [-0.05, 0) is 56.6 Å². The van der Waals surface area contributed by atoms with E-state index in [0.29, 0.717) is 6.07 Å². The molecule has 1 unspecified atom stereocenters. The van der Waals surface area contributed by atoms with Crippen molar-refractivity contribution in [1.82, 2.24) is 10.2 Å². The second-order valence-corrected chi connectivity index (χ2v) is 6.20. The molecule has 1 heterocycles. The van der Waals surface area contributed by atoms with Gasteiger partial charge in [-0.3, -0.25) is 4.90 Å². The minimum atomic E-state index is -4.67. The van der Waals surface area contributed by atoms with Gasteiger partial charge in [-0.1, -0.05) is 12.1 Å². The summed E-state index contributed by atoms with van der Waals surface area (Å²) in [6.07, 6.45) is -7.79. The number of rotatable bonds is 4. The second-order valence-electron chi connectivity index (χ2n) is 6.20. The van der Waals surface area contributed by atoms with Crippen molar-refractivity contribution in [3.05, 3.63) is 35.4 Å². The summed E-state index contributed by atoms with van der Waals surface area (Å²) in [6, 6.07) is 1.46. The lowest BCUT2D eigenvalue weighted by molar-refractivity contribution is -0.185. The summed E-state index contributed by atoms with van der Waals surface area (Å²) in [5.74, 6) is 0.104. The average molecular weight is 354 g/mol. The molecular formula is C16H20F6N2. The lowest BCUT2D eigenvalue weighted by Gasteiger charge is -2.34. The number of alkyl halides is 6. The Morgan fingerprint density at radius 2 is 1.75 bits per heavy atom. The lowest BCUT2D eigenvalue weighted by Crippen LogP contribution is -2.41. The number of piperidine rings is 1. The predicted octanol–water partition coefficient (Wildman–Crippen LogP) is 4.24. The molecule has 0 radical (unpaired) electrons. The van der Waals surface area contributed by atoms with E-state index in [4.69, 9.17) is 0 Å². The molecule has 1 N–H and O–H groups in total. The minimum absolute atomic E-state index is 0.104. The van der Waals surface area contributed by atoms with Crippen LogP contribution in [0.15, 0.2) is 24.3 Å². The predicted molar refractivity (Wildman–Crippen MR) is 78.5 cm³/mol. The molecule has 8 heteroatoms. The van der Waals surface area contributed by atoms with Crippen LogP contribution in [0.1, 0.15) is 30.0 Å². The van der Waals surface area contributed by atoms with Crippen molar-refractivity contribution in [1.29, 1.82) is 0 Å². The van der Waals surface area contributed by atoms with Crippen LogP contribution in [0.5, 0.6) is 0 Å². The Bertz CT molecular complexity index is 534. The van der Waals surface area contributed by atoms with E-state index in [2.05, 4.69) is 5.32 Å². The number of hydrogen-bond acceptors (Lipinski definition) is 2. The summed E-state index contributed by atoms with van der Waals surface area (Å²) in [6.45, 7) is 1.69. The molecule has 1 aromatic carbocycles. The molecule has 0 spiro atoms. The van der Waals surface area contributed by atoms with Crippen LogP contribution in [0.3, 0.4) is 0 Å². The van der Waals surface area contributed by atoms with E-state index < -0.39 is 24.0 Å². The molecule has 0 aliphatic carbocycles. The molecule has 1 saturated heterocycles. The standard InChI is InChI=1S/C16H20F6N2/c1-24(10-11-5-7-23-8-6-11)14(16(20,21)22)12-3-2-4-13(9-12)15(17,18)19/h2-4,9,11,14,23H,5-8,10H2,1H3. The normalized spacial score (nSPS) is 18.8. The Labute approximate surface area is 136 Å². The third kappa shape index (κ3) is 4.86. The Kier molecular flexibility index (Phi) is 5.80. The Morgan fingerprint density at radius 1 is 1.12 bits per heavy atom. The average Bonchev–Trinajstić information content (AvgIpc) is 2.46. The molecule has 2 rings (SSSR count). The van der Waals surface area contributed by atoms with Crippen LogP contribution in [0.25, 0.3) is 0 Å². The third-order valence-electron chi connectivity index (χ3n) is 4.29. The van der Waals surface area contributed by atoms with E-state index in [9.17, 15) is 26.3 Å². The van der Waals surface area contributed by atoms with Crippen LogP contribution in [0, 0.1) is 5.92 Å². The number of halogens is 6. The monoisotopic (exact) mass is 354 g/mol. The van der Waals surface area contributed by atoms with Gasteiger partial charge in [-0.25, -0.2) is 0 Å². The van der Waals surface area contributed by atoms with Crippen LogP contribution in [-0.4, -0.2) is 37.8 Å². The van der Waals surface area contributed by atoms with Gasteiger partial charge in [0.1, 0.15) is 6.04 Å². The topological polar surface area (TPSA) is 15.3 Å². The van der Waals surface area contributed by atoms with E-state index in [1.165, 1.54) is 7.05 Å².